The molecule has 0 aliphatic heterocycles. The van der Waals surface area contributed by atoms with E-state index in [-0.39, 0.29) is 18.6 Å². The van der Waals surface area contributed by atoms with E-state index in [2.05, 4.69) is 29.5 Å². The summed E-state index contributed by atoms with van der Waals surface area (Å²) in [5.41, 5.74) is 1.76. The molecule has 0 unspecified atom stereocenters. The van der Waals surface area contributed by atoms with Gasteiger partial charge in [0.25, 0.3) is 5.91 Å². The molecule has 0 radical (unpaired) electrons. The summed E-state index contributed by atoms with van der Waals surface area (Å²) in [7, 11) is 0. The summed E-state index contributed by atoms with van der Waals surface area (Å²) in [6.07, 6.45) is 0. The molecule has 0 fully saturated rings. The Hall–Kier alpha value is -1.62. The van der Waals surface area contributed by atoms with Gasteiger partial charge in [-0.1, -0.05) is 13.8 Å². The standard InChI is InChI=1S/C15H25N3O2/c1-10(2)16-8-13-14(7-6-12(5)18-13)20-9-15(19)17-11(3)4/h6-7,10-11,16H,8-9H2,1-5H3,(H,17,19). The van der Waals surface area contributed by atoms with Crippen LogP contribution in [-0.2, 0) is 11.3 Å². The third-order valence-electron chi connectivity index (χ3n) is 2.56. The van der Waals surface area contributed by atoms with Crippen molar-refractivity contribution in [3.63, 3.8) is 0 Å². The van der Waals surface area contributed by atoms with Gasteiger partial charge in [-0.05, 0) is 32.9 Å². The van der Waals surface area contributed by atoms with Crippen LogP contribution in [0.2, 0.25) is 0 Å². The maximum absolute atomic E-state index is 11.6. The molecule has 5 nitrogen and oxygen atoms in total. The van der Waals surface area contributed by atoms with Crippen molar-refractivity contribution < 1.29 is 9.53 Å². The molecule has 0 aliphatic rings. The van der Waals surface area contributed by atoms with Crippen molar-refractivity contribution in [3.05, 3.63) is 23.5 Å². The van der Waals surface area contributed by atoms with Gasteiger partial charge in [-0.3, -0.25) is 9.78 Å². The van der Waals surface area contributed by atoms with Crippen molar-refractivity contribution in [1.29, 1.82) is 0 Å². The van der Waals surface area contributed by atoms with Crippen LogP contribution < -0.4 is 15.4 Å². The first-order chi connectivity index (χ1) is 9.38. The molecule has 20 heavy (non-hydrogen) atoms. The first-order valence-electron chi connectivity index (χ1n) is 7.00. The molecule has 1 amide bonds. The zero-order valence-corrected chi connectivity index (χ0v) is 13.0. The van der Waals surface area contributed by atoms with E-state index in [1.807, 2.05) is 32.9 Å². The van der Waals surface area contributed by atoms with E-state index in [1.54, 1.807) is 0 Å². The monoisotopic (exact) mass is 279 g/mol. The summed E-state index contributed by atoms with van der Waals surface area (Å²) >= 11 is 0. The highest BCUT2D eigenvalue weighted by atomic mass is 16.5. The smallest absolute Gasteiger partial charge is 0.258 e. The fourth-order valence-corrected chi connectivity index (χ4v) is 1.66. The number of hydrogen-bond donors (Lipinski definition) is 2. The van der Waals surface area contributed by atoms with Gasteiger partial charge < -0.3 is 15.4 Å². The van der Waals surface area contributed by atoms with Crippen LogP contribution in [0.5, 0.6) is 5.75 Å². The molecule has 0 bridgehead atoms. The van der Waals surface area contributed by atoms with Crippen molar-refractivity contribution in [3.8, 4) is 5.75 Å². The number of carbonyl (C=O) groups excluding carboxylic acids is 1. The average Bonchev–Trinajstić information content (AvgIpc) is 2.34. The normalized spacial score (nSPS) is 10.9. The Morgan fingerprint density at radius 2 is 1.95 bits per heavy atom. The molecule has 112 valence electrons. The molecule has 0 atom stereocenters. The summed E-state index contributed by atoms with van der Waals surface area (Å²) in [6, 6.07) is 4.23. The van der Waals surface area contributed by atoms with E-state index < -0.39 is 0 Å². The Labute approximate surface area is 121 Å². The van der Waals surface area contributed by atoms with Crippen LogP contribution in [0.3, 0.4) is 0 Å². The first-order valence-corrected chi connectivity index (χ1v) is 7.00. The van der Waals surface area contributed by atoms with Gasteiger partial charge in [0.05, 0.1) is 5.69 Å². The molecule has 0 saturated carbocycles. The molecule has 1 heterocycles. The predicted octanol–water partition coefficient (Wildman–Crippen LogP) is 1.79. The Bertz CT molecular complexity index is 445. The molecular formula is C15H25N3O2. The number of nitrogens with zero attached hydrogens (tertiary/aromatic N) is 1. The number of pyridine rings is 1. The SMILES string of the molecule is Cc1ccc(OCC(=O)NC(C)C)c(CNC(C)C)n1. The van der Waals surface area contributed by atoms with Crippen LogP contribution in [-0.4, -0.2) is 29.6 Å². The van der Waals surface area contributed by atoms with E-state index in [0.717, 1.165) is 11.4 Å². The number of aryl methyl sites for hydroxylation is 1. The minimum absolute atomic E-state index is 0.0115. The van der Waals surface area contributed by atoms with E-state index in [1.165, 1.54) is 0 Å². The van der Waals surface area contributed by atoms with E-state index >= 15 is 0 Å². The van der Waals surface area contributed by atoms with Gasteiger partial charge in [0, 0.05) is 24.3 Å². The van der Waals surface area contributed by atoms with Gasteiger partial charge in [-0.25, -0.2) is 0 Å². The lowest BCUT2D eigenvalue weighted by Crippen LogP contribution is -2.34. The first kappa shape index (κ1) is 16.4. The molecule has 0 aliphatic carbocycles. The third-order valence-corrected chi connectivity index (χ3v) is 2.56. The van der Waals surface area contributed by atoms with Gasteiger partial charge >= 0.3 is 0 Å². The second-order valence-corrected chi connectivity index (χ2v) is 5.44. The van der Waals surface area contributed by atoms with Crippen molar-refractivity contribution >= 4 is 5.91 Å². The van der Waals surface area contributed by atoms with Crippen LogP contribution in [0.25, 0.3) is 0 Å². The quantitative estimate of drug-likeness (QED) is 0.799. The predicted molar refractivity (Wildman–Crippen MR) is 79.7 cm³/mol. The van der Waals surface area contributed by atoms with E-state index in [9.17, 15) is 4.79 Å². The van der Waals surface area contributed by atoms with Crippen LogP contribution >= 0.6 is 0 Å². The lowest BCUT2D eigenvalue weighted by Gasteiger charge is -2.14. The van der Waals surface area contributed by atoms with Gasteiger partial charge in [0.2, 0.25) is 0 Å². The lowest BCUT2D eigenvalue weighted by atomic mass is 10.2. The van der Waals surface area contributed by atoms with Crippen molar-refractivity contribution in [2.75, 3.05) is 6.61 Å². The summed E-state index contributed by atoms with van der Waals surface area (Å²) < 4.78 is 5.57. The fourth-order valence-electron chi connectivity index (χ4n) is 1.66. The molecule has 5 heteroatoms. The number of nitrogens with one attached hydrogen (secondary N) is 2. The fraction of sp³-hybridized carbons (Fsp3) is 0.600. The second-order valence-electron chi connectivity index (χ2n) is 5.44. The molecule has 0 aromatic carbocycles. The molecule has 1 aromatic rings. The number of rotatable bonds is 7. The Balaban J connectivity index is 2.66. The molecule has 2 N–H and O–H groups in total. The van der Waals surface area contributed by atoms with Gasteiger partial charge in [-0.15, -0.1) is 0 Å². The van der Waals surface area contributed by atoms with Crippen molar-refractivity contribution in [1.82, 2.24) is 15.6 Å². The van der Waals surface area contributed by atoms with Crippen molar-refractivity contribution in [2.24, 2.45) is 0 Å². The number of aromatic nitrogens is 1. The summed E-state index contributed by atoms with van der Waals surface area (Å²) in [5, 5.41) is 6.10. The minimum atomic E-state index is -0.122. The molecule has 1 aromatic heterocycles. The molecule has 0 saturated heterocycles. The highest BCUT2D eigenvalue weighted by Gasteiger charge is 2.09. The summed E-state index contributed by atoms with van der Waals surface area (Å²) in [6.45, 7) is 10.6. The Morgan fingerprint density at radius 1 is 1.25 bits per heavy atom. The van der Waals surface area contributed by atoms with E-state index in [0.29, 0.717) is 18.3 Å². The zero-order valence-electron chi connectivity index (χ0n) is 13.0. The third kappa shape index (κ3) is 6.02. The van der Waals surface area contributed by atoms with E-state index in [4.69, 9.17) is 4.74 Å². The van der Waals surface area contributed by atoms with Crippen LogP contribution in [0.15, 0.2) is 12.1 Å². The number of hydrogen-bond acceptors (Lipinski definition) is 4. The highest BCUT2D eigenvalue weighted by molar-refractivity contribution is 5.77. The topological polar surface area (TPSA) is 63.2 Å². The maximum Gasteiger partial charge on any atom is 0.258 e. The molecule has 0 spiro atoms. The highest BCUT2D eigenvalue weighted by Crippen LogP contribution is 2.17. The second kappa shape index (κ2) is 7.85. The van der Waals surface area contributed by atoms with Crippen LogP contribution in [0, 0.1) is 6.92 Å². The number of amides is 1. The summed E-state index contributed by atoms with van der Waals surface area (Å²) in [5.74, 6) is 0.533. The largest absolute Gasteiger partial charge is 0.482 e. The number of ether oxygens (including phenoxy) is 1. The zero-order chi connectivity index (χ0) is 15.1. The average molecular weight is 279 g/mol. The van der Waals surface area contributed by atoms with Gasteiger partial charge in [-0.2, -0.15) is 0 Å². The number of carbonyl (C=O) groups is 1. The van der Waals surface area contributed by atoms with Crippen molar-refractivity contribution in [2.45, 2.75) is 53.2 Å². The molecule has 1 rings (SSSR count). The summed E-state index contributed by atoms with van der Waals surface area (Å²) in [4.78, 5) is 16.1. The molecular weight excluding hydrogens is 254 g/mol. The van der Waals surface area contributed by atoms with Crippen LogP contribution in [0.1, 0.15) is 39.1 Å². The minimum Gasteiger partial charge on any atom is -0.482 e. The van der Waals surface area contributed by atoms with Gasteiger partial charge in [0.15, 0.2) is 6.61 Å². The lowest BCUT2D eigenvalue weighted by molar-refractivity contribution is -0.123. The Morgan fingerprint density at radius 3 is 2.55 bits per heavy atom. The maximum atomic E-state index is 11.6. The Kier molecular flexibility index (Phi) is 6.45. The van der Waals surface area contributed by atoms with Gasteiger partial charge in [0.1, 0.15) is 5.75 Å². The van der Waals surface area contributed by atoms with Crippen LogP contribution in [0.4, 0.5) is 0 Å².